The molecule has 1 heteroatoms. The molecule has 2 fully saturated rings. The SMILES string of the molecule is CCCC1CC1NC1CCC(C(C)(C)C)CC1. The lowest BCUT2D eigenvalue weighted by Gasteiger charge is -2.37. The van der Waals surface area contributed by atoms with Gasteiger partial charge in [-0.3, -0.25) is 0 Å². The highest BCUT2D eigenvalue weighted by molar-refractivity contribution is 4.95. The number of nitrogens with one attached hydrogen (secondary N) is 1. The van der Waals surface area contributed by atoms with Crippen LogP contribution in [0.15, 0.2) is 0 Å². The molecule has 0 aliphatic heterocycles. The molecule has 0 heterocycles. The smallest absolute Gasteiger partial charge is 0.0102 e. The van der Waals surface area contributed by atoms with Gasteiger partial charge >= 0.3 is 0 Å². The van der Waals surface area contributed by atoms with Crippen molar-refractivity contribution in [2.24, 2.45) is 17.3 Å². The van der Waals surface area contributed by atoms with E-state index in [2.05, 4.69) is 33.0 Å². The molecule has 0 spiro atoms. The minimum absolute atomic E-state index is 0.523. The fourth-order valence-corrected chi connectivity index (χ4v) is 3.57. The first-order chi connectivity index (χ1) is 8.00. The molecule has 17 heavy (non-hydrogen) atoms. The summed E-state index contributed by atoms with van der Waals surface area (Å²) in [6.45, 7) is 9.53. The van der Waals surface area contributed by atoms with Gasteiger partial charge in [0.2, 0.25) is 0 Å². The zero-order valence-corrected chi connectivity index (χ0v) is 12.3. The third-order valence-corrected chi connectivity index (χ3v) is 4.98. The Bertz CT molecular complexity index is 232. The highest BCUT2D eigenvalue weighted by Crippen LogP contribution is 2.40. The molecule has 2 aliphatic rings. The molecule has 2 rings (SSSR count). The lowest BCUT2D eigenvalue weighted by molar-refractivity contribution is 0.159. The van der Waals surface area contributed by atoms with Crippen LogP contribution in [-0.2, 0) is 0 Å². The van der Waals surface area contributed by atoms with Crippen molar-refractivity contribution >= 4 is 0 Å². The molecule has 1 N–H and O–H groups in total. The Morgan fingerprint density at radius 1 is 1.06 bits per heavy atom. The van der Waals surface area contributed by atoms with Gasteiger partial charge in [-0.1, -0.05) is 34.1 Å². The van der Waals surface area contributed by atoms with Gasteiger partial charge in [-0.15, -0.1) is 0 Å². The van der Waals surface area contributed by atoms with Crippen molar-refractivity contribution in [1.82, 2.24) is 5.32 Å². The maximum Gasteiger partial charge on any atom is 0.0102 e. The van der Waals surface area contributed by atoms with Gasteiger partial charge in [0.25, 0.3) is 0 Å². The van der Waals surface area contributed by atoms with Gasteiger partial charge in [0.05, 0.1) is 0 Å². The molecule has 0 aromatic rings. The summed E-state index contributed by atoms with van der Waals surface area (Å²) in [4.78, 5) is 0. The van der Waals surface area contributed by atoms with E-state index in [0.717, 1.165) is 23.9 Å². The van der Waals surface area contributed by atoms with Crippen molar-refractivity contribution in [3.05, 3.63) is 0 Å². The van der Waals surface area contributed by atoms with Gasteiger partial charge in [0, 0.05) is 12.1 Å². The van der Waals surface area contributed by atoms with Crippen LogP contribution in [0.5, 0.6) is 0 Å². The normalized spacial score (nSPS) is 38.1. The van der Waals surface area contributed by atoms with Crippen LogP contribution < -0.4 is 5.32 Å². The van der Waals surface area contributed by atoms with E-state index in [1.165, 1.54) is 44.9 Å². The molecule has 2 atom stereocenters. The van der Waals surface area contributed by atoms with Crippen LogP contribution in [0.3, 0.4) is 0 Å². The Morgan fingerprint density at radius 2 is 1.71 bits per heavy atom. The minimum Gasteiger partial charge on any atom is -0.311 e. The summed E-state index contributed by atoms with van der Waals surface area (Å²) >= 11 is 0. The fourth-order valence-electron chi connectivity index (χ4n) is 3.57. The third-order valence-electron chi connectivity index (χ3n) is 4.98. The summed E-state index contributed by atoms with van der Waals surface area (Å²) < 4.78 is 0. The van der Waals surface area contributed by atoms with E-state index in [0.29, 0.717) is 5.41 Å². The van der Waals surface area contributed by atoms with Crippen LogP contribution in [0.2, 0.25) is 0 Å². The summed E-state index contributed by atoms with van der Waals surface area (Å²) in [5, 5.41) is 3.90. The lowest BCUT2D eigenvalue weighted by atomic mass is 9.71. The summed E-state index contributed by atoms with van der Waals surface area (Å²) in [6.07, 6.45) is 9.95. The lowest BCUT2D eigenvalue weighted by Crippen LogP contribution is -2.37. The highest BCUT2D eigenvalue weighted by atomic mass is 15.0. The van der Waals surface area contributed by atoms with Crippen LogP contribution in [-0.4, -0.2) is 12.1 Å². The molecule has 0 saturated heterocycles. The van der Waals surface area contributed by atoms with Gasteiger partial charge in [-0.25, -0.2) is 0 Å². The van der Waals surface area contributed by atoms with Crippen molar-refractivity contribution < 1.29 is 0 Å². The number of hydrogen-bond donors (Lipinski definition) is 1. The Morgan fingerprint density at radius 3 is 2.24 bits per heavy atom. The summed E-state index contributed by atoms with van der Waals surface area (Å²) in [7, 11) is 0. The predicted molar refractivity (Wildman–Crippen MR) is 75.1 cm³/mol. The Balaban J connectivity index is 1.67. The Hall–Kier alpha value is -0.0400. The van der Waals surface area contributed by atoms with Crippen LogP contribution in [0, 0.1) is 17.3 Å². The molecular formula is C16H31N. The monoisotopic (exact) mass is 237 g/mol. The van der Waals surface area contributed by atoms with E-state index >= 15 is 0 Å². The maximum absolute atomic E-state index is 3.90. The van der Waals surface area contributed by atoms with E-state index in [-0.39, 0.29) is 0 Å². The minimum atomic E-state index is 0.523. The van der Waals surface area contributed by atoms with Crippen molar-refractivity contribution in [3.63, 3.8) is 0 Å². The first-order valence-corrected chi connectivity index (χ1v) is 7.76. The van der Waals surface area contributed by atoms with Gasteiger partial charge in [-0.05, 0) is 55.8 Å². The van der Waals surface area contributed by atoms with E-state index in [1.54, 1.807) is 0 Å². The van der Waals surface area contributed by atoms with Crippen LogP contribution in [0.4, 0.5) is 0 Å². The Kier molecular flexibility index (Phi) is 4.18. The molecule has 2 saturated carbocycles. The van der Waals surface area contributed by atoms with Gasteiger partial charge in [0.15, 0.2) is 0 Å². The van der Waals surface area contributed by atoms with E-state index < -0.39 is 0 Å². The van der Waals surface area contributed by atoms with Gasteiger partial charge in [-0.2, -0.15) is 0 Å². The predicted octanol–water partition coefficient (Wildman–Crippen LogP) is 4.37. The van der Waals surface area contributed by atoms with Gasteiger partial charge in [0.1, 0.15) is 0 Å². The average Bonchev–Trinajstić information content (AvgIpc) is 2.96. The molecule has 0 amide bonds. The molecule has 0 aromatic heterocycles. The molecule has 1 nitrogen and oxygen atoms in total. The van der Waals surface area contributed by atoms with Crippen LogP contribution in [0.1, 0.15) is 72.6 Å². The van der Waals surface area contributed by atoms with E-state index in [1.807, 2.05) is 0 Å². The second-order valence-corrected chi connectivity index (χ2v) is 7.47. The number of hydrogen-bond acceptors (Lipinski definition) is 1. The first kappa shape index (κ1) is 13.4. The molecule has 2 aliphatic carbocycles. The average molecular weight is 237 g/mol. The van der Waals surface area contributed by atoms with Crippen LogP contribution >= 0.6 is 0 Å². The standard InChI is InChI=1S/C16H31N/c1-5-6-12-11-15(12)17-14-9-7-13(8-10-14)16(2,3)4/h12-15,17H,5-11H2,1-4H3. The molecule has 0 radical (unpaired) electrons. The maximum atomic E-state index is 3.90. The van der Waals surface area contributed by atoms with Crippen molar-refractivity contribution in [1.29, 1.82) is 0 Å². The quantitative estimate of drug-likeness (QED) is 0.765. The topological polar surface area (TPSA) is 12.0 Å². The Labute approximate surface area is 108 Å². The van der Waals surface area contributed by atoms with Crippen molar-refractivity contribution in [2.75, 3.05) is 0 Å². The second-order valence-electron chi connectivity index (χ2n) is 7.47. The van der Waals surface area contributed by atoms with E-state index in [4.69, 9.17) is 0 Å². The highest BCUT2D eigenvalue weighted by Gasteiger charge is 2.38. The van der Waals surface area contributed by atoms with Gasteiger partial charge < -0.3 is 5.32 Å². The zero-order chi connectivity index (χ0) is 12.5. The van der Waals surface area contributed by atoms with Crippen LogP contribution in [0.25, 0.3) is 0 Å². The second kappa shape index (κ2) is 5.30. The molecule has 0 bridgehead atoms. The summed E-state index contributed by atoms with van der Waals surface area (Å²) in [5.41, 5.74) is 0.523. The largest absolute Gasteiger partial charge is 0.311 e. The molecule has 100 valence electrons. The third kappa shape index (κ3) is 3.71. The zero-order valence-electron chi connectivity index (χ0n) is 12.3. The first-order valence-electron chi connectivity index (χ1n) is 7.76. The number of rotatable bonds is 4. The molecule has 0 aromatic carbocycles. The van der Waals surface area contributed by atoms with Crippen molar-refractivity contribution in [2.45, 2.75) is 84.7 Å². The van der Waals surface area contributed by atoms with Crippen molar-refractivity contribution in [3.8, 4) is 0 Å². The summed E-state index contributed by atoms with van der Waals surface area (Å²) in [5.74, 6) is 1.96. The summed E-state index contributed by atoms with van der Waals surface area (Å²) in [6, 6.07) is 1.71. The molecular weight excluding hydrogens is 206 g/mol. The molecule has 2 unspecified atom stereocenters. The van der Waals surface area contributed by atoms with E-state index in [9.17, 15) is 0 Å². The fraction of sp³-hybridized carbons (Fsp3) is 1.00.